The van der Waals surface area contributed by atoms with Crippen molar-refractivity contribution in [2.24, 2.45) is 5.92 Å². The summed E-state index contributed by atoms with van der Waals surface area (Å²) in [4.78, 5) is 28.4. The van der Waals surface area contributed by atoms with Crippen LogP contribution < -0.4 is 9.47 Å². The molecule has 1 aliphatic rings. The molecule has 28 heavy (non-hydrogen) atoms. The van der Waals surface area contributed by atoms with Gasteiger partial charge >= 0.3 is 0 Å². The Kier molecular flexibility index (Phi) is 6.23. The van der Waals surface area contributed by atoms with E-state index < -0.39 is 0 Å². The van der Waals surface area contributed by atoms with Gasteiger partial charge in [0.1, 0.15) is 5.76 Å². The van der Waals surface area contributed by atoms with E-state index in [0.717, 1.165) is 11.3 Å². The highest BCUT2D eigenvalue weighted by Gasteiger charge is 2.35. The summed E-state index contributed by atoms with van der Waals surface area (Å²) in [5, 5.41) is 0. The van der Waals surface area contributed by atoms with Crippen LogP contribution in [0.2, 0.25) is 0 Å². The van der Waals surface area contributed by atoms with Gasteiger partial charge in [-0.1, -0.05) is 6.07 Å². The van der Waals surface area contributed by atoms with E-state index in [0.29, 0.717) is 37.6 Å². The zero-order valence-electron chi connectivity index (χ0n) is 16.5. The number of carbonyl (C=O) groups excluding carboxylic acids is 2. The normalized spacial score (nSPS) is 16.3. The molecule has 0 N–H and O–H groups in total. The van der Waals surface area contributed by atoms with Crippen molar-refractivity contribution in [1.29, 1.82) is 0 Å². The molecule has 2 aromatic rings. The number of methoxy groups -OCH3 is 2. The van der Waals surface area contributed by atoms with E-state index in [1.54, 1.807) is 43.4 Å². The lowest BCUT2D eigenvalue weighted by Gasteiger charge is -2.21. The summed E-state index contributed by atoms with van der Waals surface area (Å²) in [5.41, 5.74) is 1.05. The molecule has 2 heterocycles. The Labute approximate surface area is 164 Å². The first kappa shape index (κ1) is 19.8. The monoisotopic (exact) mass is 386 g/mol. The number of nitrogens with zero attached hydrogens (tertiary/aromatic N) is 2. The van der Waals surface area contributed by atoms with Crippen LogP contribution in [-0.2, 0) is 22.6 Å². The Bertz CT molecular complexity index is 818. The lowest BCUT2D eigenvalue weighted by molar-refractivity contribution is -0.135. The molecular weight excluding hydrogens is 360 g/mol. The number of likely N-dealkylation sites (tertiary alicyclic amines) is 1. The third kappa shape index (κ3) is 4.47. The molecule has 2 amide bonds. The molecular formula is C21H26N2O5. The Morgan fingerprint density at radius 1 is 1.25 bits per heavy atom. The summed E-state index contributed by atoms with van der Waals surface area (Å²) in [7, 11) is 4.93. The van der Waals surface area contributed by atoms with Crippen LogP contribution in [0.5, 0.6) is 11.5 Å². The fourth-order valence-corrected chi connectivity index (χ4v) is 3.48. The van der Waals surface area contributed by atoms with E-state index in [1.807, 2.05) is 24.3 Å². The highest BCUT2D eigenvalue weighted by molar-refractivity contribution is 5.89. The average molecular weight is 386 g/mol. The number of furan rings is 1. The van der Waals surface area contributed by atoms with Gasteiger partial charge in [-0.2, -0.15) is 0 Å². The average Bonchev–Trinajstić information content (AvgIpc) is 3.35. The number of carbonyl (C=O) groups is 2. The SMILES string of the molecule is COc1ccc(CCN2C[C@H](C(=O)N(C)Cc3ccco3)CC2=O)cc1OC. The van der Waals surface area contributed by atoms with Gasteiger partial charge in [0.2, 0.25) is 11.8 Å². The maximum atomic E-state index is 12.7. The van der Waals surface area contributed by atoms with Crippen molar-refractivity contribution in [3.05, 3.63) is 47.9 Å². The molecule has 1 atom stereocenters. The molecule has 0 saturated carbocycles. The Hall–Kier alpha value is -2.96. The number of hydrogen-bond acceptors (Lipinski definition) is 5. The fourth-order valence-electron chi connectivity index (χ4n) is 3.48. The van der Waals surface area contributed by atoms with E-state index in [-0.39, 0.29) is 24.2 Å². The molecule has 0 aliphatic carbocycles. The summed E-state index contributed by atoms with van der Waals surface area (Å²) in [6, 6.07) is 9.36. The summed E-state index contributed by atoms with van der Waals surface area (Å²) >= 11 is 0. The smallest absolute Gasteiger partial charge is 0.228 e. The first-order valence-electron chi connectivity index (χ1n) is 9.28. The van der Waals surface area contributed by atoms with Crippen molar-refractivity contribution in [1.82, 2.24) is 9.80 Å². The van der Waals surface area contributed by atoms with Crippen LogP contribution in [0.15, 0.2) is 41.0 Å². The molecule has 1 saturated heterocycles. The number of rotatable bonds is 8. The standard InChI is InChI=1S/C21H26N2O5/c1-22(14-17-5-4-10-28-17)21(25)16-12-20(24)23(13-16)9-8-15-6-7-18(26-2)19(11-15)27-3/h4-7,10-11,16H,8-9,12-14H2,1-3H3/t16-/m1/s1. The second kappa shape index (κ2) is 8.82. The Morgan fingerprint density at radius 3 is 2.71 bits per heavy atom. The van der Waals surface area contributed by atoms with E-state index in [1.165, 1.54) is 0 Å². The van der Waals surface area contributed by atoms with E-state index >= 15 is 0 Å². The zero-order valence-corrected chi connectivity index (χ0v) is 16.5. The minimum atomic E-state index is -0.308. The van der Waals surface area contributed by atoms with Gasteiger partial charge in [0.05, 0.1) is 32.9 Å². The van der Waals surface area contributed by atoms with Gasteiger partial charge in [-0.05, 0) is 36.2 Å². The van der Waals surface area contributed by atoms with Gasteiger partial charge in [-0.25, -0.2) is 0 Å². The summed E-state index contributed by atoms with van der Waals surface area (Å²) in [5.74, 6) is 1.75. The van der Waals surface area contributed by atoms with Crippen LogP contribution in [0.3, 0.4) is 0 Å². The number of amides is 2. The summed E-state index contributed by atoms with van der Waals surface area (Å²) < 4.78 is 15.9. The van der Waals surface area contributed by atoms with Gasteiger partial charge in [0.15, 0.2) is 11.5 Å². The Balaban J connectivity index is 1.55. The van der Waals surface area contributed by atoms with Gasteiger partial charge in [0.25, 0.3) is 0 Å². The highest BCUT2D eigenvalue weighted by Crippen LogP contribution is 2.28. The molecule has 7 heteroatoms. The lowest BCUT2D eigenvalue weighted by atomic mass is 10.1. The topological polar surface area (TPSA) is 72.2 Å². The van der Waals surface area contributed by atoms with Crippen molar-refractivity contribution in [2.75, 3.05) is 34.4 Å². The second-order valence-electron chi connectivity index (χ2n) is 6.95. The number of hydrogen-bond donors (Lipinski definition) is 0. The predicted octanol–water partition coefficient (Wildman–Crippen LogP) is 2.35. The van der Waals surface area contributed by atoms with Crippen LogP contribution in [0.4, 0.5) is 0 Å². The summed E-state index contributed by atoms with van der Waals surface area (Å²) in [6.45, 7) is 1.43. The van der Waals surface area contributed by atoms with Crippen LogP contribution in [-0.4, -0.2) is 56.0 Å². The van der Waals surface area contributed by atoms with E-state index in [4.69, 9.17) is 13.9 Å². The first-order chi connectivity index (χ1) is 13.5. The van der Waals surface area contributed by atoms with Crippen LogP contribution in [0.25, 0.3) is 0 Å². The lowest BCUT2D eigenvalue weighted by Crippen LogP contribution is -2.34. The van der Waals surface area contributed by atoms with Gasteiger partial charge < -0.3 is 23.7 Å². The van der Waals surface area contributed by atoms with Crippen LogP contribution in [0.1, 0.15) is 17.7 Å². The predicted molar refractivity (Wildman–Crippen MR) is 103 cm³/mol. The minimum absolute atomic E-state index is 0.0187. The minimum Gasteiger partial charge on any atom is -0.493 e. The van der Waals surface area contributed by atoms with Gasteiger partial charge in [-0.3, -0.25) is 9.59 Å². The first-order valence-corrected chi connectivity index (χ1v) is 9.28. The van der Waals surface area contributed by atoms with Crippen molar-refractivity contribution in [3.8, 4) is 11.5 Å². The quantitative estimate of drug-likeness (QED) is 0.696. The maximum Gasteiger partial charge on any atom is 0.228 e. The van der Waals surface area contributed by atoms with Crippen molar-refractivity contribution < 1.29 is 23.5 Å². The van der Waals surface area contributed by atoms with Crippen molar-refractivity contribution in [2.45, 2.75) is 19.4 Å². The molecule has 0 unspecified atom stereocenters. The van der Waals surface area contributed by atoms with Crippen LogP contribution in [0, 0.1) is 5.92 Å². The molecule has 1 aromatic heterocycles. The highest BCUT2D eigenvalue weighted by atomic mass is 16.5. The number of ether oxygens (including phenoxy) is 2. The zero-order chi connectivity index (χ0) is 20.1. The molecule has 7 nitrogen and oxygen atoms in total. The molecule has 1 aliphatic heterocycles. The molecule has 0 radical (unpaired) electrons. The fraction of sp³-hybridized carbons (Fsp3) is 0.429. The largest absolute Gasteiger partial charge is 0.493 e. The summed E-state index contributed by atoms with van der Waals surface area (Å²) in [6.07, 6.45) is 2.53. The Morgan fingerprint density at radius 2 is 2.04 bits per heavy atom. The molecule has 3 rings (SSSR count). The molecule has 0 spiro atoms. The van der Waals surface area contributed by atoms with Gasteiger partial charge in [-0.15, -0.1) is 0 Å². The third-order valence-electron chi connectivity index (χ3n) is 5.03. The van der Waals surface area contributed by atoms with E-state index in [9.17, 15) is 9.59 Å². The number of benzene rings is 1. The van der Waals surface area contributed by atoms with Crippen molar-refractivity contribution in [3.63, 3.8) is 0 Å². The van der Waals surface area contributed by atoms with Gasteiger partial charge in [0, 0.05) is 26.6 Å². The second-order valence-corrected chi connectivity index (χ2v) is 6.95. The third-order valence-corrected chi connectivity index (χ3v) is 5.03. The maximum absolute atomic E-state index is 12.7. The molecule has 0 bridgehead atoms. The molecule has 150 valence electrons. The van der Waals surface area contributed by atoms with E-state index in [2.05, 4.69) is 0 Å². The molecule has 1 aromatic carbocycles. The molecule has 1 fully saturated rings. The van der Waals surface area contributed by atoms with Crippen molar-refractivity contribution >= 4 is 11.8 Å². The van der Waals surface area contributed by atoms with Crippen LogP contribution >= 0.6 is 0 Å².